The van der Waals surface area contributed by atoms with Crippen LogP contribution in [0.1, 0.15) is 17.4 Å². The van der Waals surface area contributed by atoms with Crippen molar-refractivity contribution in [2.24, 2.45) is 0 Å². The van der Waals surface area contributed by atoms with Gasteiger partial charge >= 0.3 is 0 Å². The molecule has 2 aromatic rings. The summed E-state index contributed by atoms with van der Waals surface area (Å²) in [6.07, 6.45) is 1.65. The lowest BCUT2D eigenvalue weighted by molar-refractivity contribution is 0.603. The van der Waals surface area contributed by atoms with Gasteiger partial charge in [-0.1, -0.05) is 6.92 Å². The summed E-state index contributed by atoms with van der Waals surface area (Å²) in [6, 6.07) is 1.69. The van der Waals surface area contributed by atoms with Gasteiger partial charge in [0.05, 0.1) is 0 Å². The predicted octanol–water partition coefficient (Wildman–Crippen LogP) is 2.42. The predicted molar refractivity (Wildman–Crippen MR) is 79.4 cm³/mol. The molecule has 2 aromatic heterocycles. The van der Waals surface area contributed by atoms with Crippen molar-refractivity contribution in [3.8, 4) is 0 Å². The number of thiazole rings is 1. The Morgan fingerprint density at radius 1 is 1.42 bits per heavy atom. The first-order chi connectivity index (χ1) is 9.01. The van der Waals surface area contributed by atoms with Gasteiger partial charge in [0.15, 0.2) is 5.13 Å². The fourth-order valence-electron chi connectivity index (χ4n) is 1.42. The highest BCUT2D eigenvalue weighted by molar-refractivity contribution is 7.94. The maximum absolute atomic E-state index is 12.1. The zero-order chi connectivity index (χ0) is 13.9. The van der Waals surface area contributed by atoms with Crippen LogP contribution in [0.4, 0.5) is 5.13 Å². The molecule has 0 bridgehead atoms. The number of hydrogen-bond acceptors (Lipinski definition) is 6. The monoisotopic (exact) mass is 317 g/mol. The van der Waals surface area contributed by atoms with Gasteiger partial charge in [-0.15, -0.1) is 22.7 Å². The van der Waals surface area contributed by atoms with E-state index in [-0.39, 0.29) is 0 Å². The van der Waals surface area contributed by atoms with Crippen molar-refractivity contribution in [3.63, 3.8) is 0 Å². The maximum atomic E-state index is 12.1. The van der Waals surface area contributed by atoms with Gasteiger partial charge in [0.25, 0.3) is 10.0 Å². The number of aromatic nitrogens is 1. The van der Waals surface area contributed by atoms with Crippen LogP contribution in [0.2, 0.25) is 0 Å². The van der Waals surface area contributed by atoms with Gasteiger partial charge in [-0.2, -0.15) is 0 Å². The molecule has 0 aliphatic heterocycles. The maximum Gasteiger partial charge on any atom is 0.273 e. The molecule has 0 spiro atoms. The zero-order valence-electron chi connectivity index (χ0n) is 10.6. The molecule has 0 aliphatic rings. The van der Waals surface area contributed by atoms with Crippen LogP contribution in [-0.4, -0.2) is 19.9 Å². The van der Waals surface area contributed by atoms with E-state index in [2.05, 4.69) is 15.0 Å². The van der Waals surface area contributed by atoms with Gasteiger partial charge in [-0.3, -0.25) is 4.72 Å². The van der Waals surface area contributed by atoms with E-state index in [1.165, 1.54) is 22.7 Å². The molecule has 2 N–H and O–H groups in total. The molecule has 104 valence electrons. The highest BCUT2D eigenvalue weighted by Gasteiger charge is 2.18. The van der Waals surface area contributed by atoms with Crippen LogP contribution < -0.4 is 10.0 Å². The lowest BCUT2D eigenvalue weighted by atomic mass is 10.3. The van der Waals surface area contributed by atoms with Gasteiger partial charge in [-0.05, 0) is 30.5 Å². The molecule has 0 aliphatic carbocycles. The van der Waals surface area contributed by atoms with Gasteiger partial charge in [0.1, 0.15) is 4.21 Å². The smallest absolute Gasteiger partial charge is 0.273 e. The van der Waals surface area contributed by atoms with Crippen molar-refractivity contribution in [2.45, 2.75) is 24.6 Å². The lowest BCUT2D eigenvalue weighted by Gasteiger charge is -2.01. The summed E-state index contributed by atoms with van der Waals surface area (Å²) in [5.74, 6) is 0. The van der Waals surface area contributed by atoms with E-state index in [4.69, 9.17) is 0 Å². The number of sulfonamides is 1. The van der Waals surface area contributed by atoms with Crippen LogP contribution in [0, 0.1) is 6.92 Å². The minimum absolute atomic E-state index is 0.313. The zero-order valence-corrected chi connectivity index (χ0v) is 13.1. The van der Waals surface area contributed by atoms with E-state index >= 15 is 0 Å². The second-order valence-corrected chi connectivity index (χ2v) is 7.99. The molecule has 5 nitrogen and oxygen atoms in total. The average Bonchev–Trinajstić information content (AvgIpc) is 2.95. The summed E-state index contributed by atoms with van der Waals surface area (Å²) in [7, 11) is -3.52. The molecule has 2 heterocycles. The molecule has 0 atom stereocenters. The summed E-state index contributed by atoms with van der Waals surface area (Å²) in [4.78, 5) is 4.97. The average molecular weight is 317 g/mol. The first-order valence-corrected chi connectivity index (χ1v) is 8.92. The number of thiophene rings is 1. The number of rotatable bonds is 6. The van der Waals surface area contributed by atoms with E-state index in [0.717, 1.165) is 17.0 Å². The second-order valence-electron chi connectivity index (χ2n) is 3.94. The minimum Gasteiger partial charge on any atom is -0.313 e. The Hall–Kier alpha value is -0.960. The molecule has 8 heteroatoms. The molecule has 0 aromatic carbocycles. The van der Waals surface area contributed by atoms with Crippen molar-refractivity contribution in [3.05, 3.63) is 28.1 Å². The normalized spacial score (nSPS) is 11.7. The Bertz CT molecular complexity index is 646. The second kappa shape index (κ2) is 6.00. The Morgan fingerprint density at radius 2 is 2.21 bits per heavy atom. The summed E-state index contributed by atoms with van der Waals surface area (Å²) < 4.78 is 27.1. The van der Waals surface area contributed by atoms with Crippen molar-refractivity contribution in [1.29, 1.82) is 0 Å². The number of hydrogen-bond donors (Lipinski definition) is 2. The van der Waals surface area contributed by atoms with Crippen LogP contribution >= 0.6 is 22.7 Å². The summed E-state index contributed by atoms with van der Waals surface area (Å²) >= 11 is 2.54. The molecule has 0 amide bonds. The largest absolute Gasteiger partial charge is 0.313 e. The number of nitrogens with one attached hydrogen (secondary N) is 2. The third-order valence-corrected chi connectivity index (χ3v) is 6.10. The molecule has 2 rings (SSSR count). The summed E-state index contributed by atoms with van der Waals surface area (Å²) in [5.41, 5.74) is 0.975. The van der Waals surface area contributed by atoms with Crippen molar-refractivity contribution >= 4 is 37.8 Å². The molecule has 0 fully saturated rings. The molecular formula is C11H15N3O2S3. The highest BCUT2D eigenvalue weighted by atomic mass is 32.2. The van der Waals surface area contributed by atoms with Crippen LogP contribution in [0.15, 0.2) is 21.9 Å². The summed E-state index contributed by atoms with van der Waals surface area (Å²) in [6.45, 7) is 5.43. The number of aryl methyl sites for hydroxylation is 1. The standard InChI is InChI=1S/C11H15N3O2S3/c1-3-12-6-9-4-10(17-7-9)19(15,16)14-11-13-5-8(2)18-11/h4-5,7,12H,3,6H2,1-2H3,(H,13,14). The third-order valence-electron chi connectivity index (χ3n) is 2.32. The van der Waals surface area contributed by atoms with E-state index in [1.54, 1.807) is 12.3 Å². The molecule has 0 saturated heterocycles. The lowest BCUT2D eigenvalue weighted by Crippen LogP contribution is -2.12. The van der Waals surface area contributed by atoms with Crippen molar-refractivity contribution in [1.82, 2.24) is 10.3 Å². The first-order valence-electron chi connectivity index (χ1n) is 5.74. The topological polar surface area (TPSA) is 71.1 Å². The first kappa shape index (κ1) is 14.4. The van der Waals surface area contributed by atoms with Crippen LogP contribution in [0.25, 0.3) is 0 Å². The highest BCUT2D eigenvalue weighted by Crippen LogP contribution is 2.25. The molecule has 0 unspecified atom stereocenters. The quantitative estimate of drug-likeness (QED) is 0.858. The fraction of sp³-hybridized carbons (Fsp3) is 0.364. The fourth-order valence-corrected chi connectivity index (χ4v) is 4.54. The van der Waals surface area contributed by atoms with E-state index in [9.17, 15) is 8.42 Å². The number of nitrogens with zero attached hydrogens (tertiary/aromatic N) is 1. The van der Waals surface area contributed by atoms with E-state index in [0.29, 0.717) is 15.9 Å². The van der Waals surface area contributed by atoms with Gasteiger partial charge in [0, 0.05) is 17.6 Å². The van der Waals surface area contributed by atoms with Crippen molar-refractivity contribution < 1.29 is 8.42 Å². The van der Waals surface area contributed by atoms with Crippen molar-refractivity contribution in [2.75, 3.05) is 11.3 Å². The van der Waals surface area contributed by atoms with E-state index in [1.807, 2.05) is 19.2 Å². The minimum atomic E-state index is -3.52. The van der Waals surface area contributed by atoms with Gasteiger partial charge in [0.2, 0.25) is 0 Å². The van der Waals surface area contributed by atoms with Crippen LogP contribution in [0.3, 0.4) is 0 Å². The molecule has 19 heavy (non-hydrogen) atoms. The third kappa shape index (κ3) is 3.75. The van der Waals surface area contributed by atoms with Crippen LogP contribution in [-0.2, 0) is 16.6 Å². The molecule has 0 saturated carbocycles. The van der Waals surface area contributed by atoms with Crippen LogP contribution in [0.5, 0.6) is 0 Å². The Labute approximate surface area is 120 Å². The SMILES string of the molecule is CCNCc1csc(S(=O)(=O)Nc2ncc(C)s2)c1. The molecule has 0 radical (unpaired) electrons. The van der Waals surface area contributed by atoms with Gasteiger partial charge in [-0.25, -0.2) is 13.4 Å². The number of anilines is 1. The summed E-state index contributed by atoms with van der Waals surface area (Å²) in [5, 5.41) is 5.42. The van der Waals surface area contributed by atoms with Gasteiger partial charge < -0.3 is 5.32 Å². The Kier molecular flexibility index (Phi) is 4.56. The Morgan fingerprint density at radius 3 is 2.84 bits per heavy atom. The Balaban J connectivity index is 2.13. The van der Waals surface area contributed by atoms with E-state index < -0.39 is 10.0 Å². The molecular weight excluding hydrogens is 302 g/mol.